The predicted octanol–water partition coefficient (Wildman–Crippen LogP) is -0.569. The lowest BCUT2D eigenvalue weighted by Crippen LogP contribution is -2.65. The molecule has 40 valence electrons. The summed E-state index contributed by atoms with van der Waals surface area (Å²) in [5.74, 6) is 0. The van der Waals surface area contributed by atoms with Crippen molar-refractivity contribution in [2.24, 2.45) is 0 Å². The number of rotatable bonds is 0. The smallest absolute Gasteiger partial charge is 0.328 e. The van der Waals surface area contributed by atoms with E-state index in [1.54, 1.807) is 0 Å². The summed E-state index contributed by atoms with van der Waals surface area (Å²) in [5, 5.41) is 0. The maximum Gasteiger partial charge on any atom is 0.686 e. The molecule has 0 unspecified atom stereocenters. The van der Waals surface area contributed by atoms with Gasteiger partial charge in [-0.1, -0.05) is 0 Å². The maximum atomic E-state index is 4.83. The summed E-state index contributed by atoms with van der Waals surface area (Å²) in [7, 11) is -2.29. The van der Waals surface area contributed by atoms with Crippen LogP contribution in [-0.2, 0) is 17.7 Å². The third kappa shape index (κ3) is 0.387. The Bertz CT molecular complexity index is 70.2. The SMILES string of the molecule is C1O[Si]2(O1)OCO2. The van der Waals surface area contributed by atoms with E-state index in [0.717, 1.165) is 0 Å². The molecule has 2 rings (SSSR count). The van der Waals surface area contributed by atoms with Gasteiger partial charge in [-0.25, -0.2) is 0 Å². The molecular formula is C2H4O4Si. The topological polar surface area (TPSA) is 36.9 Å². The van der Waals surface area contributed by atoms with Gasteiger partial charge in [0, 0.05) is 0 Å². The molecule has 0 atom stereocenters. The normalized spacial score (nSPS) is 34.3. The molecule has 2 fully saturated rings. The van der Waals surface area contributed by atoms with Crippen molar-refractivity contribution in [1.29, 1.82) is 0 Å². The van der Waals surface area contributed by atoms with E-state index in [9.17, 15) is 0 Å². The van der Waals surface area contributed by atoms with Crippen molar-refractivity contribution in [2.45, 2.75) is 0 Å². The highest BCUT2D eigenvalue weighted by atomic mass is 28.4. The quantitative estimate of drug-likeness (QED) is 0.401. The predicted molar refractivity (Wildman–Crippen MR) is 19.8 cm³/mol. The fourth-order valence-electron chi connectivity index (χ4n) is 0.477. The van der Waals surface area contributed by atoms with E-state index >= 15 is 0 Å². The first-order chi connectivity index (χ1) is 3.41. The van der Waals surface area contributed by atoms with E-state index in [4.69, 9.17) is 17.7 Å². The van der Waals surface area contributed by atoms with Crippen molar-refractivity contribution < 1.29 is 17.7 Å². The molecule has 2 aliphatic heterocycles. The van der Waals surface area contributed by atoms with Gasteiger partial charge < -0.3 is 17.7 Å². The van der Waals surface area contributed by atoms with E-state index in [1.165, 1.54) is 0 Å². The van der Waals surface area contributed by atoms with Gasteiger partial charge in [-0.05, 0) is 0 Å². The van der Waals surface area contributed by atoms with E-state index in [0.29, 0.717) is 13.6 Å². The second kappa shape index (κ2) is 1.07. The lowest BCUT2D eigenvalue weighted by atomic mass is 11.5. The molecule has 0 aliphatic carbocycles. The van der Waals surface area contributed by atoms with Crippen LogP contribution in [0, 0.1) is 0 Å². The lowest BCUT2D eigenvalue weighted by molar-refractivity contribution is -0.246. The molecule has 0 radical (unpaired) electrons. The highest BCUT2D eigenvalue weighted by Crippen LogP contribution is 2.26. The molecule has 1 spiro atoms. The zero-order valence-electron chi connectivity index (χ0n) is 3.55. The van der Waals surface area contributed by atoms with Gasteiger partial charge >= 0.3 is 9.05 Å². The van der Waals surface area contributed by atoms with Crippen LogP contribution in [-0.4, -0.2) is 22.6 Å². The summed E-state index contributed by atoms with van der Waals surface area (Å²) in [6, 6.07) is 0. The molecular weight excluding hydrogens is 116 g/mol. The van der Waals surface area contributed by atoms with Crippen LogP contribution in [0.15, 0.2) is 0 Å². The fraction of sp³-hybridized carbons (Fsp3) is 1.00. The summed E-state index contributed by atoms with van der Waals surface area (Å²) in [5.41, 5.74) is 0. The average Bonchev–Trinajstić information content (AvgIpc) is 1.20. The van der Waals surface area contributed by atoms with Gasteiger partial charge in [-0.3, -0.25) is 0 Å². The van der Waals surface area contributed by atoms with Gasteiger partial charge in [-0.2, -0.15) is 0 Å². The van der Waals surface area contributed by atoms with Gasteiger partial charge in [-0.15, -0.1) is 0 Å². The molecule has 0 aromatic carbocycles. The summed E-state index contributed by atoms with van der Waals surface area (Å²) < 4.78 is 19.3. The van der Waals surface area contributed by atoms with Crippen molar-refractivity contribution in [1.82, 2.24) is 0 Å². The summed E-state index contributed by atoms with van der Waals surface area (Å²) in [4.78, 5) is 0. The molecule has 2 heterocycles. The van der Waals surface area contributed by atoms with Crippen molar-refractivity contribution in [3.05, 3.63) is 0 Å². The molecule has 0 amide bonds. The first-order valence-corrected chi connectivity index (χ1v) is 3.60. The largest absolute Gasteiger partial charge is 0.686 e. The molecule has 0 aromatic heterocycles. The minimum Gasteiger partial charge on any atom is -0.328 e. The lowest BCUT2D eigenvalue weighted by Gasteiger charge is -2.41. The molecule has 2 aliphatic rings. The molecule has 7 heavy (non-hydrogen) atoms. The van der Waals surface area contributed by atoms with Crippen molar-refractivity contribution >= 4 is 9.05 Å². The summed E-state index contributed by atoms with van der Waals surface area (Å²) >= 11 is 0. The number of hydrogen-bond donors (Lipinski definition) is 0. The Morgan fingerprint density at radius 2 is 1.29 bits per heavy atom. The highest BCUT2D eigenvalue weighted by molar-refractivity contribution is 6.56. The standard InChI is InChI=1S/C2H4O4Si/c1-3-7(4-1)5-2-6-7/h1-2H2. The minimum atomic E-state index is -2.29. The van der Waals surface area contributed by atoms with Crippen LogP contribution in [0.25, 0.3) is 0 Å². The third-order valence-electron chi connectivity index (χ3n) is 0.943. The molecule has 2 saturated heterocycles. The Hall–Kier alpha value is 0.0569. The molecule has 0 bridgehead atoms. The van der Waals surface area contributed by atoms with Crippen LogP contribution in [0.4, 0.5) is 0 Å². The Morgan fingerprint density at radius 1 is 0.857 bits per heavy atom. The Balaban J connectivity index is 2.00. The molecule has 0 N–H and O–H groups in total. The summed E-state index contributed by atoms with van der Waals surface area (Å²) in [6.45, 7) is 0.679. The zero-order chi connectivity index (χ0) is 4.74. The van der Waals surface area contributed by atoms with Gasteiger partial charge in [0.05, 0.1) is 0 Å². The first kappa shape index (κ1) is 3.99. The first-order valence-electron chi connectivity index (χ1n) is 1.97. The highest BCUT2D eigenvalue weighted by Gasteiger charge is 2.59. The summed E-state index contributed by atoms with van der Waals surface area (Å²) in [6.07, 6.45) is 0. The average molecular weight is 120 g/mol. The van der Waals surface area contributed by atoms with Gasteiger partial charge in [0.1, 0.15) is 13.6 Å². The maximum absolute atomic E-state index is 4.83. The van der Waals surface area contributed by atoms with Crippen molar-refractivity contribution in [3.8, 4) is 0 Å². The van der Waals surface area contributed by atoms with Gasteiger partial charge in [0.2, 0.25) is 0 Å². The Kier molecular flexibility index (Phi) is 0.607. The van der Waals surface area contributed by atoms with Crippen LogP contribution in [0.3, 0.4) is 0 Å². The second-order valence-corrected chi connectivity index (χ2v) is 3.47. The third-order valence-corrected chi connectivity index (χ3v) is 2.83. The van der Waals surface area contributed by atoms with E-state index < -0.39 is 9.05 Å². The van der Waals surface area contributed by atoms with Crippen LogP contribution >= 0.6 is 0 Å². The molecule has 5 heteroatoms. The minimum absolute atomic E-state index is 0.340. The Labute approximate surface area is 41.4 Å². The van der Waals surface area contributed by atoms with Crippen LogP contribution in [0.5, 0.6) is 0 Å². The number of hydrogen-bond acceptors (Lipinski definition) is 4. The second-order valence-electron chi connectivity index (χ2n) is 1.31. The van der Waals surface area contributed by atoms with E-state index in [2.05, 4.69) is 0 Å². The van der Waals surface area contributed by atoms with Crippen LogP contribution in [0.2, 0.25) is 0 Å². The van der Waals surface area contributed by atoms with Crippen molar-refractivity contribution in [3.63, 3.8) is 0 Å². The van der Waals surface area contributed by atoms with Gasteiger partial charge in [0.15, 0.2) is 0 Å². The molecule has 0 aromatic rings. The van der Waals surface area contributed by atoms with Crippen LogP contribution in [0.1, 0.15) is 0 Å². The van der Waals surface area contributed by atoms with E-state index in [1.807, 2.05) is 0 Å². The van der Waals surface area contributed by atoms with E-state index in [-0.39, 0.29) is 0 Å². The van der Waals surface area contributed by atoms with Crippen molar-refractivity contribution in [2.75, 3.05) is 13.6 Å². The van der Waals surface area contributed by atoms with Gasteiger partial charge in [0.25, 0.3) is 0 Å². The fourth-order valence-corrected chi connectivity index (χ4v) is 1.43. The Morgan fingerprint density at radius 3 is 1.29 bits per heavy atom. The molecule has 4 nitrogen and oxygen atoms in total. The van der Waals surface area contributed by atoms with Crippen LogP contribution < -0.4 is 0 Å². The monoisotopic (exact) mass is 120 g/mol. The molecule has 0 saturated carbocycles. The zero-order valence-corrected chi connectivity index (χ0v) is 4.55.